The molecule has 0 fully saturated rings. The van der Waals surface area contributed by atoms with Crippen LogP contribution in [0.15, 0.2) is 41.1 Å². The molecular formula is C9H6INO. The Balaban J connectivity index is 2.51. The Labute approximate surface area is 83.8 Å². The number of rotatable bonds is 1. The lowest BCUT2D eigenvalue weighted by Gasteiger charge is -1.94. The lowest BCUT2D eigenvalue weighted by molar-refractivity contribution is 0.571. The van der Waals surface area contributed by atoms with Gasteiger partial charge in [-0.3, -0.25) is 0 Å². The van der Waals surface area contributed by atoms with E-state index in [2.05, 4.69) is 27.6 Å². The molecule has 1 heterocycles. The molecule has 1 aromatic heterocycles. The highest BCUT2D eigenvalue weighted by Gasteiger charge is 2.05. The first-order chi connectivity index (χ1) is 5.88. The zero-order valence-electron chi connectivity index (χ0n) is 6.20. The summed E-state index contributed by atoms with van der Waals surface area (Å²) in [5.41, 5.74) is 1.07. The van der Waals surface area contributed by atoms with Gasteiger partial charge in [0.05, 0.1) is 0 Å². The number of aromatic nitrogens is 1. The minimum absolute atomic E-state index is 0.844. The van der Waals surface area contributed by atoms with Gasteiger partial charge in [-0.25, -0.2) is 4.98 Å². The predicted molar refractivity (Wildman–Crippen MR) is 54.7 cm³/mol. The Hall–Kier alpha value is -0.840. The van der Waals surface area contributed by atoms with E-state index in [9.17, 15) is 0 Å². The van der Waals surface area contributed by atoms with Gasteiger partial charge in [-0.1, -0.05) is 30.3 Å². The van der Waals surface area contributed by atoms with Crippen LogP contribution in [0, 0.1) is 3.70 Å². The van der Waals surface area contributed by atoms with Crippen molar-refractivity contribution in [2.75, 3.05) is 0 Å². The first-order valence-electron chi connectivity index (χ1n) is 3.52. The fourth-order valence-corrected chi connectivity index (χ4v) is 1.56. The van der Waals surface area contributed by atoms with Crippen LogP contribution in [0.3, 0.4) is 0 Å². The normalized spacial score (nSPS) is 10.1. The van der Waals surface area contributed by atoms with E-state index in [0.29, 0.717) is 0 Å². The minimum Gasteiger partial charge on any atom is -0.442 e. The molecule has 12 heavy (non-hydrogen) atoms. The Bertz CT molecular complexity index is 369. The monoisotopic (exact) mass is 271 g/mol. The van der Waals surface area contributed by atoms with Gasteiger partial charge in [-0.05, 0) is 22.6 Å². The third-order valence-electron chi connectivity index (χ3n) is 1.56. The molecule has 0 aliphatic carbocycles. The molecule has 1 aromatic carbocycles. The highest BCUT2D eigenvalue weighted by molar-refractivity contribution is 14.1. The van der Waals surface area contributed by atoms with Gasteiger partial charge in [0.15, 0.2) is 12.2 Å². The molecule has 2 aromatic rings. The molecule has 0 saturated carbocycles. The Morgan fingerprint density at radius 2 is 1.92 bits per heavy atom. The molecular weight excluding hydrogens is 265 g/mol. The molecule has 3 heteroatoms. The van der Waals surface area contributed by atoms with E-state index in [0.717, 1.165) is 15.0 Å². The number of oxazole rings is 1. The second-order valence-corrected chi connectivity index (χ2v) is 3.36. The van der Waals surface area contributed by atoms with Crippen LogP contribution in [0.1, 0.15) is 0 Å². The van der Waals surface area contributed by atoms with E-state index in [1.54, 1.807) is 0 Å². The summed E-state index contributed by atoms with van der Waals surface area (Å²) in [7, 11) is 0. The fourth-order valence-electron chi connectivity index (χ4n) is 1.01. The largest absolute Gasteiger partial charge is 0.442 e. The molecule has 0 bridgehead atoms. The molecule has 2 rings (SSSR count). The number of benzene rings is 1. The van der Waals surface area contributed by atoms with E-state index in [1.165, 1.54) is 6.39 Å². The van der Waals surface area contributed by atoms with E-state index >= 15 is 0 Å². The maximum Gasteiger partial charge on any atom is 0.182 e. The van der Waals surface area contributed by atoms with Gasteiger partial charge in [0.1, 0.15) is 3.70 Å². The van der Waals surface area contributed by atoms with E-state index in [4.69, 9.17) is 4.42 Å². The average molecular weight is 271 g/mol. The molecule has 0 saturated heterocycles. The third kappa shape index (κ3) is 1.36. The second kappa shape index (κ2) is 3.26. The van der Waals surface area contributed by atoms with Crippen LogP contribution in [0.5, 0.6) is 0 Å². The standard InChI is InChI=1S/C9H6INO/c10-9-8(12-6-11-9)7-4-2-1-3-5-7/h1-6H. The van der Waals surface area contributed by atoms with Crippen molar-refractivity contribution in [1.29, 1.82) is 0 Å². The second-order valence-electron chi connectivity index (χ2n) is 2.34. The highest BCUT2D eigenvalue weighted by atomic mass is 127. The smallest absolute Gasteiger partial charge is 0.182 e. The van der Waals surface area contributed by atoms with Gasteiger partial charge >= 0.3 is 0 Å². The van der Waals surface area contributed by atoms with Gasteiger partial charge in [-0.15, -0.1) is 0 Å². The summed E-state index contributed by atoms with van der Waals surface area (Å²) < 4.78 is 6.13. The molecule has 0 unspecified atom stereocenters. The van der Waals surface area contributed by atoms with E-state index in [1.807, 2.05) is 30.3 Å². The Morgan fingerprint density at radius 1 is 1.17 bits per heavy atom. The van der Waals surface area contributed by atoms with Crippen LogP contribution in [-0.4, -0.2) is 4.98 Å². The molecule has 0 atom stereocenters. The van der Waals surface area contributed by atoms with Crippen LogP contribution in [0.4, 0.5) is 0 Å². The molecule has 2 nitrogen and oxygen atoms in total. The SMILES string of the molecule is Ic1ncoc1-c1ccccc1. The predicted octanol–water partition coefficient (Wildman–Crippen LogP) is 2.95. The molecule has 60 valence electrons. The van der Waals surface area contributed by atoms with Crippen LogP contribution in [0.2, 0.25) is 0 Å². The quantitative estimate of drug-likeness (QED) is 0.745. The highest BCUT2D eigenvalue weighted by Crippen LogP contribution is 2.23. The molecule has 0 amide bonds. The van der Waals surface area contributed by atoms with Crippen LogP contribution < -0.4 is 0 Å². The maximum absolute atomic E-state index is 5.23. The van der Waals surface area contributed by atoms with Crippen LogP contribution >= 0.6 is 22.6 Å². The molecule has 0 aliphatic heterocycles. The molecule has 0 radical (unpaired) electrons. The topological polar surface area (TPSA) is 26.0 Å². The summed E-state index contributed by atoms with van der Waals surface area (Å²) in [4.78, 5) is 4.01. The van der Waals surface area contributed by atoms with Crippen molar-refractivity contribution in [3.8, 4) is 11.3 Å². The summed E-state index contributed by atoms with van der Waals surface area (Å²) in [5.74, 6) is 0.844. The van der Waals surface area contributed by atoms with E-state index in [-0.39, 0.29) is 0 Å². The van der Waals surface area contributed by atoms with Crippen molar-refractivity contribution in [3.63, 3.8) is 0 Å². The van der Waals surface area contributed by atoms with Crippen molar-refractivity contribution >= 4 is 22.6 Å². The summed E-state index contributed by atoms with van der Waals surface area (Å²) in [6, 6.07) is 9.94. The lowest BCUT2D eigenvalue weighted by atomic mass is 10.2. The van der Waals surface area contributed by atoms with Gasteiger partial charge in [0, 0.05) is 5.56 Å². The molecule has 0 N–H and O–H groups in total. The Morgan fingerprint density at radius 3 is 2.50 bits per heavy atom. The van der Waals surface area contributed by atoms with Gasteiger partial charge in [-0.2, -0.15) is 0 Å². The molecule has 0 aliphatic rings. The zero-order valence-corrected chi connectivity index (χ0v) is 8.36. The van der Waals surface area contributed by atoms with Crippen molar-refractivity contribution in [1.82, 2.24) is 4.98 Å². The van der Waals surface area contributed by atoms with Crippen molar-refractivity contribution < 1.29 is 4.42 Å². The summed E-state index contributed by atoms with van der Waals surface area (Å²) in [6.07, 6.45) is 1.46. The van der Waals surface area contributed by atoms with Crippen molar-refractivity contribution in [2.24, 2.45) is 0 Å². The maximum atomic E-state index is 5.23. The van der Waals surface area contributed by atoms with Crippen LogP contribution in [0.25, 0.3) is 11.3 Å². The summed E-state index contributed by atoms with van der Waals surface area (Å²) in [5, 5.41) is 0. The first-order valence-corrected chi connectivity index (χ1v) is 4.60. The van der Waals surface area contributed by atoms with E-state index < -0.39 is 0 Å². The number of nitrogens with zero attached hydrogens (tertiary/aromatic N) is 1. The fraction of sp³-hybridized carbons (Fsp3) is 0. The first kappa shape index (κ1) is 7.79. The Kier molecular flexibility index (Phi) is 2.12. The van der Waals surface area contributed by atoms with Gasteiger partial charge in [0.2, 0.25) is 0 Å². The number of halogens is 1. The zero-order chi connectivity index (χ0) is 8.39. The van der Waals surface area contributed by atoms with Gasteiger partial charge in [0.25, 0.3) is 0 Å². The van der Waals surface area contributed by atoms with Crippen molar-refractivity contribution in [2.45, 2.75) is 0 Å². The average Bonchev–Trinajstić information content (AvgIpc) is 2.53. The number of hydrogen-bond acceptors (Lipinski definition) is 2. The summed E-state index contributed by atoms with van der Waals surface area (Å²) >= 11 is 2.15. The van der Waals surface area contributed by atoms with Crippen molar-refractivity contribution in [3.05, 3.63) is 40.4 Å². The van der Waals surface area contributed by atoms with Gasteiger partial charge < -0.3 is 4.42 Å². The van der Waals surface area contributed by atoms with Crippen LogP contribution in [-0.2, 0) is 0 Å². The number of hydrogen-bond donors (Lipinski definition) is 0. The molecule has 0 spiro atoms. The third-order valence-corrected chi connectivity index (χ3v) is 2.33. The minimum atomic E-state index is 0.844. The summed E-state index contributed by atoms with van der Waals surface area (Å²) in [6.45, 7) is 0. The lowest BCUT2D eigenvalue weighted by Crippen LogP contribution is -1.76.